The van der Waals surface area contributed by atoms with E-state index in [2.05, 4.69) is 44.0 Å². The van der Waals surface area contributed by atoms with Crippen molar-refractivity contribution in [1.82, 2.24) is 9.88 Å². The Kier molecular flexibility index (Phi) is 6.51. The van der Waals surface area contributed by atoms with Gasteiger partial charge in [-0.1, -0.05) is 27.5 Å². The van der Waals surface area contributed by atoms with Gasteiger partial charge in [0.2, 0.25) is 11.8 Å². The van der Waals surface area contributed by atoms with Crippen molar-refractivity contribution in [3.8, 4) is 0 Å². The van der Waals surface area contributed by atoms with E-state index in [1.807, 2.05) is 12.3 Å². The second-order valence-electron chi connectivity index (χ2n) is 8.00. The Hall–Kier alpha value is -1.44. The molecule has 1 aliphatic carbocycles. The van der Waals surface area contributed by atoms with Crippen molar-refractivity contribution in [2.45, 2.75) is 38.0 Å². The van der Waals surface area contributed by atoms with Gasteiger partial charge in [0.25, 0.3) is 0 Å². The number of nitrogens with two attached hydrogens (primary N) is 1. The van der Waals surface area contributed by atoms with Crippen LogP contribution >= 0.6 is 43.5 Å². The first-order valence-electron chi connectivity index (χ1n) is 10.0. The van der Waals surface area contributed by atoms with Crippen LogP contribution in [0.4, 0.5) is 0 Å². The zero-order valence-corrected chi connectivity index (χ0v) is 20.3. The molecule has 1 aromatic carbocycles. The Labute approximate surface area is 197 Å². The summed E-state index contributed by atoms with van der Waals surface area (Å²) in [6, 6.07) is 6.20. The first kappa shape index (κ1) is 21.8. The van der Waals surface area contributed by atoms with Crippen LogP contribution in [0.1, 0.15) is 47.6 Å². The van der Waals surface area contributed by atoms with Crippen molar-refractivity contribution in [3.63, 3.8) is 0 Å². The monoisotopic (exact) mass is 553 g/mol. The van der Waals surface area contributed by atoms with Crippen molar-refractivity contribution < 1.29 is 9.59 Å². The van der Waals surface area contributed by atoms with Gasteiger partial charge in [-0.25, -0.2) is 0 Å². The Morgan fingerprint density at radius 1 is 1.13 bits per heavy atom. The number of hydrogen-bond acceptors (Lipinski definition) is 3. The molecule has 0 spiro atoms. The number of piperidine rings is 1. The zero-order valence-electron chi connectivity index (χ0n) is 16.3. The number of pyridine rings is 1. The molecule has 1 aliphatic heterocycles. The summed E-state index contributed by atoms with van der Waals surface area (Å²) in [7, 11) is 0. The molecule has 1 saturated heterocycles. The molecule has 0 saturated carbocycles. The molecule has 2 aliphatic rings. The Morgan fingerprint density at radius 2 is 1.83 bits per heavy atom. The van der Waals surface area contributed by atoms with Gasteiger partial charge in [0, 0.05) is 39.2 Å². The van der Waals surface area contributed by atoms with Crippen LogP contribution in [0.15, 0.2) is 33.3 Å². The second kappa shape index (κ2) is 8.97. The molecule has 30 heavy (non-hydrogen) atoms. The van der Waals surface area contributed by atoms with Crippen LogP contribution < -0.4 is 5.73 Å². The third-order valence-corrected chi connectivity index (χ3v) is 7.41. The van der Waals surface area contributed by atoms with Crippen molar-refractivity contribution in [2.24, 2.45) is 11.7 Å². The average Bonchev–Trinajstić information content (AvgIpc) is 2.84. The summed E-state index contributed by atoms with van der Waals surface area (Å²) in [6.07, 6.45) is 5.16. The van der Waals surface area contributed by atoms with Crippen molar-refractivity contribution in [1.29, 1.82) is 0 Å². The SMILES string of the molecule is NC(=O)CC(=O)N1CCC([C@H]2c3ncc(Br)cc3CCc3cc(Cl)cc(Br)c32)CC1. The van der Waals surface area contributed by atoms with E-state index < -0.39 is 5.91 Å². The van der Waals surface area contributed by atoms with Gasteiger partial charge in [-0.15, -0.1) is 0 Å². The van der Waals surface area contributed by atoms with Gasteiger partial charge in [0.05, 0.1) is 5.69 Å². The second-order valence-corrected chi connectivity index (χ2v) is 10.2. The van der Waals surface area contributed by atoms with Gasteiger partial charge in [0.1, 0.15) is 6.42 Å². The summed E-state index contributed by atoms with van der Waals surface area (Å²) in [5.41, 5.74) is 10.1. The number of aromatic nitrogens is 1. The van der Waals surface area contributed by atoms with Crippen LogP contribution in [-0.4, -0.2) is 34.8 Å². The standard InChI is InChI=1S/C22H22Br2ClN3O2/c23-15-7-14-2-1-13-8-16(25)9-17(24)20(13)21(22(14)27-11-15)12-3-5-28(6-4-12)19(30)10-18(26)29/h7-9,11-12,21H,1-6,10H2,(H2,26,29)/t21-/m1/s1. The molecule has 2 N–H and O–H groups in total. The quantitative estimate of drug-likeness (QED) is 0.563. The van der Waals surface area contributed by atoms with Gasteiger partial charge in [-0.3, -0.25) is 14.6 Å². The normalized spacial score (nSPS) is 19.0. The highest BCUT2D eigenvalue weighted by Gasteiger charge is 2.36. The van der Waals surface area contributed by atoms with E-state index in [0.717, 1.165) is 45.3 Å². The number of carbonyl (C=O) groups is 2. The molecule has 5 nitrogen and oxygen atoms in total. The molecule has 1 aromatic heterocycles. The number of hydrogen-bond donors (Lipinski definition) is 1. The lowest BCUT2D eigenvalue weighted by molar-refractivity contribution is -0.136. The fourth-order valence-corrected chi connectivity index (χ4v) is 6.27. The minimum Gasteiger partial charge on any atom is -0.369 e. The molecular formula is C22H22Br2ClN3O2. The van der Waals surface area contributed by atoms with E-state index in [1.54, 1.807) is 4.90 Å². The summed E-state index contributed by atoms with van der Waals surface area (Å²) in [5.74, 6) is -0.294. The topological polar surface area (TPSA) is 76.3 Å². The average molecular weight is 556 g/mol. The number of nitrogens with zero attached hydrogens (tertiary/aromatic N) is 2. The largest absolute Gasteiger partial charge is 0.369 e. The predicted molar refractivity (Wildman–Crippen MR) is 123 cm³/mol. The highest BCUT2D eigenvalue weighted by molar-refractivity contribution is 9.10. The number of primary amides is 1. The lowest BCUT2D eigenvalue weighted by Crippen LogP contribution is -2.41. The van der Waals surface area contributed by atoms with E-state index in [4.69, 9.17) is 22.3 Å². The number of halogens is 3. The van der Waals surface area contributed by atoms with Crippen molar-refractivity contribution >= 4 is 55.3 Å². The van der Waals surface area contributed by atoms with E-state index in [-0.39, 0.29) is 18.2 Å². The molecule has 0 bridgehead atoms. The maximum Gasteiger partial charge on any atom is 0.231 e. The molecule has 4 rings (SSSR count). The van der Waals surface area contributed by atoms with E-state index in [9.17, 15) is 9.59 Å². The number of benzene rings is 1. The number of amides is 2. The number of aryl methyl sites for hydroxylation is 2. The van der Waals surface area contributed by atoms with Gasteiger partial charge < -0.3 is 10.6 Å². The van der Waals surface area contributed by atoms with Crippen LogP contribution in [0, 0.1) is 5.92 Å². The Bertz CT molecular complexity index is 1010. The van der Waals surface area contributed by atoms with Crippen LogP contribution in [0.3, 0.4) is 0 Å². The third-order valence-electron chi connectivity index (χ3n) is 6.11. The minimum absolute atomic E-state index is 0.130. The van der Waals surface area contributed by atoms with Crippen LogP contribution in [0.2, 0.25) is 5.02 Å². The molecule has 2 heterocycles. The van der Waals surface area contributed by atoms with Gasteiger partial charge >= 0.3 is 0 Å². The predicted octanol–water partition coefficient (Wildman–Crippen LogP) is 4.60. The van der Waals surface area contributed by atoms with Gasteiger partial charge in [-0.05, 0) is 82.4 Å². The van der Waals surface area contributed by atoms with E-state index in [0.29, 0.717) is 19.0 Å². The highest BCUT2D eigenvalue weighted by Crippen LogP contribution is 2.46. The first-order chi connectivity index (χ1) is 14.3. The van der Waals surface area contributed by atoms with Crippen LogP contribution in [0.5, 0.6) is 0 Å². The van der Waals surface area contributed by atoms with Crippen LogP contribution in [0.25, 0.3) is 0 Å². The lowest BCUT2D eigenvalue weighted by atomic mass is 9.76. The molecule has 1 atom stereocenters. The minimum atomic E-state index is -0.579. The molecule has 8 heteroatoms. The molecule has 2 amide bonds. The zero-order chi connectivity index (χ0) is 21.4. The molecule has 158 valence electrons. The summed E-state index contributed by atoms with van der Waals surface area (Å²) >= 11 is 13.7. The fraction of sp³-hybridized carbons (Fsp3) is 0.409. The smallest absolute Gasteiger partial charge is 0.231 e. The molecule has 0 radical (unpaired) electrons. The Balaban J connectivity index is 1.69. The number of rotatable bonds is 3. The number of fused-ring (bicyclic) bond motifs is 2. The molecular weight excluding hydrogens is 534 g/mol. The summed E-state index contributed by atoms with van der Waals surface area (Å²) in [6.45, 7) is 1.25. The van der Waals surface area contributed by atoms with E-state index in [1.165, 1.54) is 16.7 Å². The van der Waals surface area contributed by atoms with Gasteiger partial charge in [-0.2, -0.15) is 0 Å². The highest BCUT2D eigenvalue weighted by atomic mass is 79.9. The van der Waals surface area contributed by atoms with E-state index >= 15 is 0 Å². The maximum atomic E-state index is 12.3. The Morgan fingerprint density at radius 3 is 2.53 bits per heavy atom. The fourth-order valence-electron chi connectivity index (χ4n) is 4.77. The summed E-state index contributed by atoms with van der Waals surface area (Å²) in [4.78, 5) is 30.0. The summed E-state index contributed by atoms with van der Waals surface area (Å²) in [5, 5.41) is 0.728. The third kappa shape index (κ3) is 4.43. The first-order valence-corrected chi connectivity index (χ1v) is 12.0. The number of likely N-dealkylation sites (tertiary alicyclic amines) is 1. The summed E-state index contributed by atoms with van der Waals surface area (Å²) < 4.78 is 2.00. The molecule has 0 unspecified atom stereocenters. The van der Waals surface area contributed by atoms with Crippen LogP contribution in [-0.2, 0) is 22.4 Å². The molecule has 1 fully saturated rings. The maximum absolute atomic E-state index is 12.3. The number of carbonyl (C=O) groups excluding carboxylic acids is 2. The van der Waals surface area contributed by atoms with Gasteiger partial charge in [0.15, 0.2) is 0 Å². The van der Waals surface area contributed by atoms with Crippen molar-refractivity contribution in [3.05, 3.63) is 60.7 Å². The van der Waals surface area contributed by atoms with Crippen molar-refractivity contribution in [2.75, 3.05) is 13.1 Å². The molecule has 2 aromatic rings. The lowest BCUT2D eigenvalue weighted by Gasteiger charge is -2.37.